The summed E-state index contributed by atoms with van der Waals surface area (Å²) in [5.41, 5.74) is 1.28. The fraction of sp³-hybridized carbons (Fsp3) is 0.625. The second-order valence-corrected chi connectivity index (χ2v) is 5.55. The zero-order chi connectivity index (χ0) is 14.3. The maximum absolute atomic E-state index is 9.23. The molecule has 0 aliphatic carbocycles. The SMILES string of the molecule is CC(C)Oc1ccc(CCNC(CO)C(C)C)cc1. The largest absolute Gasteiger partial charge is 0.491 e. The van der Waals surface area contributed by atoms with Crippen LogP contribution in [0.5, 0.6) is 5.75 Å². The minimum Gasteiger partial charge on any atom is -0.491 e. The van der Waals surface area contributed by atoms with Gasteiger partial charge in [0.15, 0.2) is 0 Å². The zero-order valence-corrected chi connectivity index (χ0v) is 12.5. The summed E-state index contributed by atoms with van der Waals surface area (Å²) in [6.07, 6.45) is 1.18. The van der Waals surface area contributed by atoms with Gasteiger partial charge in [0.2, 0.25) is 0 Å². The second kappa shape index (κ2) is 8.18. The van der Waals surface area contributed by atoms with Crippen LogP contribution in [0.4, 0.5) is 0 Å². The van der Waals surface area contributed by atoms with Crippen LogP contribution in [0.2, 0.25) is 0 Å². The fourth-order valence-electron chi connectivity index (χ4n) is 1.92. The molecule has 0 saturated carbocycles. The predicted molar refractivity (Wildman–Crippen MR) is 79.6 cm³/mol. The second-order valence-electron chi connectivity index (χ2n) is 5.55. The molecule has 0 aromatic heterocycles. The minimum atomic E-state index is 0.184. The molecule has 1 rings (SSSR count). The molecule has 108 valence electrons. The Bertz CT molecular complexity index is 346. The third-order valence-corrected chi connectivity index (χ3v) is 3.12. The minimum absolute atomic E-state index is 0.184. The Morgan fingerprint density at radius 2 is 1.74 bits per heavy atom. The van der Waals surface area contributed by atoms with E-state index in [1.165, 1.54) is 5.56 Å². The standard InChI is InChI=1S/C16H27NO2/c1-12(2)16(11-18)17-10-9-14-5-7-15(8-6-14)19-13(3)4/h5-8,12-13,16-18H,9-11H2,1-4H3. The molecule has 1 atom stereocenters. The number of ether oxygens (including phenoxy) is 1. The first-order chi connectivity index (χ1) is 9.02. The van der Waals surface area contributed by atoms with Gasteiger partial charge in [-0.1, -0.05) is 26.0 Å². The number of rotatable bonds is 8. The van der Waals surface area contributed by atoms with E-state index in [0.29, 0.717) is 5.92 Å². The first-order valence-electron chi connectivity index (χ1n) is 7.12. The van der Waals surface area contributed by atoms with Gasteiger partial charge in [-0.15, -0.1) is 0 Å². The van der Waals surface area contributed by atoms with Crippen molar-refractivity contribution in [2.24, 2.45) is 5.92 Å². The summed E-state index contributed by atoms with van der Waals surface area (Å²) in [4.78, 5) is 0. The number of benzene rings is 1. The lowest BCUT2D eigenvalue weighted by Gasteiger charge is -2.19. The molecular formula is C16H27NO2. The van der Waals surface area contributed by atoms with E-state index in [1.807, 2.05) is 26.0 Å². The molecule has 0 bridgehead atoms. The van der Waals surface area contributed by atoms with Crippen LogP contribution >= 0.6 is 0 Å². The van der Waals surface area contributed by atoms with Crippen molar-refractivity contribution in [2.45, 2.75) is 46.3 Å². The van der Waals surface area contributed by atoms with E-state index in [4.69, 9.17) is 4.74 Å². The van der Waals surface area contributed by atoms with Gasteiger partial charge in [0.25, 0.3) is 0 Å². The summed E-state index contributed by atoms with van der Waals surface area (Å²) in [7, 11) is 0. The summed E-state index contributed by atoms with van der Waals surface area (Å²) in [5.74, 6) is 1.37. The highest BCUT2D eigenvalue weighted by atomic mass is 16.5. The van der Waals surface area contributed by atoms with Crippen LogP contribution in [-0.2, 0) is 6.42 Å². The van der Waals surface area contributed by atoms with E-state index in [0.717, 1.165) is 18.7 Å². The summed E-state index contributed by atoms with van der Waals surface area (Å²) in [6, 6.07) is 8.41. The van der Waals surface area contributed by atoms with Gasteiger partial charge in [0, 0.05) is 6.04 Å². The zero-order valence-electron chi connectivity index (χ0n) is 12.5. The molecule has 0 spiro atoms. The molecular weight excluding hydrogens is 238 g/mol. The summed E-state index contributed by atoms with van der Waals surface area (Å²) in [5, 5.41) is 12.6. The molecule has 0 amide bonds. The normalized spacial score (nSPS) is 13.0. The molecule has 0 radical (unpaired) electrons. The molecule has 3 heteroatoms. The third-order valence-electron chi connectivity index (χ3n) is 3.12. The van der Waals surface area contributed by atoms with Gasteiger partial charge in [-0.25, -0.2) is 0 Å². The molecule has 1 aromatic rings. The molecule has 0 aliphatic rings. The van der Waals surface area contributed by atoms with E-state index in [-0.39, 0.29) is 18.8 Å². The van der Waals surface area contributed by atoms with E-state index >= 15 is 0 Å². The lowest BCUT2D eigenvalue weighted by molar-refractivity contribution is 0.212. The maximum atomic E-state index is 9.23. The molecule has 1 unspecified atom stereocenters. The predicted octanol–water partition coefficient (Wildman–Crippen LogP) is 2.62. The van der Waals surface area contributed by atoms with Crippen LogP contribution in [0.15, 0.2) is 24.3 Å². The van der Waals surface area contributed by atoms with Crippen LogP contribution in [0.1, 0.15) is 33.3 Å². The monoisotopic (exact) mass is 265 g/mol. The topological polar surface area (TPSA) is 41.5 Å². The first-order valence-corrected chi connectivity index (χ1v) is 7.12. The van der Waals surface area contributed by atoms with Gasteiger partial charge in [0.1, 0.15) is 5.75 Å². The lowest BCUT2D eigenvalue weighted by Crippen LogP contribution is -2.38. The Morgan fingerprint density at radius 3 is 2.21 bits per heavy atom. The molecule has 0 aliphatic heterocycles. The van der Waals surface area contributed by atoms with Crippen molar-refractivity contribution in [3.63, 3.8) is 0 Å². The van der Waals surface area contributed by atoms with Crippen molar-refractivity contribution >= 4 is 0 Å². The fourth-order valence-corrected chi connectivity index (χ4v) is 1.92. The Labute approximate surface area is 117 Å². The van der Waals surface area contributed by atoms with E-state index in [2.05, 4.69) is 31.3 Å². The molecule has 19 heavy (non-hydrogen) atoms. The summed E-state index contributed by atoms with van der Waals surface area (Å²) < 4.78 is 5.61. The van der Waals surface area contributed by atoms with Crippen molar-refractivity contribution in [1.29, 1.82) is 0 Å². The molecule has 2 N–H and O–H groups in total. The van der Waals surface area contributed by atoms with E-state index in [9.17, 15) is 5.11 Å². The molecule has 3 nitrogen and oxygen atoms in total. The lowest BCUT2D eigenvalue weighted by atomic mass is 10.0. The quantitative estimate of drug-likeness (QED) is 0.759. The molecule has 1 aromatic carbocycles. The van der Waals surface area contributed by atoms with Crippen molar-refractivity contribution in [2.75, 3.05) is 13.2 Å². The maximum Gasteiger partial charge on any atom is 0.119 e. The van der Waals surface area contributed by atoms with Crippen LogP contribution in [0.3, 0.4) is 0 Å². The highest BCUT2D eigenvalue weighted by molar-refractivity contribution is 5.27. The molecule has 0 heterocycles. The highest BCUT2D eigenvalue weighted by Gasteiger charge is 2.10. The van der Waals surface area contributed by atoms with Crippen LogP contribution in [0, 0.1) is 5.92 Å². The third kappa shape index (κ3) is 6.08. The average molecular weight is 265 g/mol. The molecule has 0 saturated heterocycles. The van der Waals surface area contributed by atoms with Gasteiger partial charge < -0.3 is 15.2 Å². The number of aliphatic hydroxyl groups is 1. The number of hydrogen-bond donors (Lipinski definition) is 2. The Morgan fingerprint density at radius 1 is 1.11 bits per heavy atom. The van der Waals surface area contributed by atoms with Gasteiger partial charge in [0.05, 0.1) is 12.7 Å². The van der Waals surface area contributed by atoms with Gasteiger partial charge in [-0.05, 0) is 50.4 Å². The smallest absolute Gasteiger partial charge is 0.119 e. The van der Waals surface area contributed by atoms with Crippen LogP contribution < -0.4 is 10.1 Å². The number of aliphatic hydroxyl groups excluding tert-OH is 1. The first kappa shape index (κ1) is 16.0. The van der Waals surface area contributed by atoms with Crippen molar-refractivity contribution in [1.82, 2.24) is 5.32 Å². The van der Waals surface area contributed by atoms with Crippen LogP contribution in [-0.4, -0.2) is 30.4 Å². The van der Waals surface area contributed by atoms with Crippen molar-refractivity contribution < 1.29 is 9.84 Å². The summed E-state index contributed by atoms with van der Waals surface area (Å²) >= 11 is 0. The van der Waals surface area contributed by atoms with Gasteiger partial charge in [-0.2, -0.15) is 0 Å². The number of nitrogens with one attached hydrogen (secondary N) is 1. The van der Waals surface area contributed by atoms with Crippen molar-refractivity contribution in [3.8, 4) is 5.75 Å². The average Bonchev–Trinajstić information content (AvgIpc) is 2.35. The molecule has 0 fully saturated rings. The Hall–Kier alpha value is -1.06. The summed E-state index contributed by atoms with van der Waals surface area (Å²) in [6.45, 7) is 9.36. The van der Waals surface area contributed by atoms with Crippen LogP contribution in [0.25, 0.3) is 0 Å². The van der Waals surface area contributed by atoms with Crippen molar-refractivity contribution in [3.05, 3.63) is 29.8 Å². The highest BCUT2D eigenvalue weighted by Crippen LogP contribution is 2.14. The Balaban J connectivity index is 2.37. The Kier molecular flexibility index (Phi) is 6.89. The van der Waals surface area contributed by atoms with E-state index < -0.39 is 0 Å². The number of hydrogen-bond acceptors (Lipinski definition) is 3. The van der Waals surface area contributed by atoms with Gasteiger partial charge >= 0.3 is 0 Å². The van der Waals surface area contributed by atoms with E-state index in [1.54, 1.807) is 0 Å². The van der Waals surface area contributed by atoms with Gasteiger partial charge in [-0.3, -0.25) is 0 Å².